The average molecular weight is 224 g/mol. The quantitative estimate of drug-likeness (QED) is 0.730. The van der Waals surface area contributed by atoms with E-state index in [1.54, 1.807) is 6.07 Å². The smallest absolute Gasteiger partial charge is 0.162 e. The van der Waals surface area contributed by atoms with Crippen LogP contribution in [0.5, 0.6) is 5.75 Å². The number of aryl methyl sites for hydroxylation is 1. The summed E-state index contributed by atoms with van der Waals surface area (Å²) in [7, 11) is 0. The average Bonchev–Trinajstić information content (AvgIpc) is 2.49. The summed E-state index contributed by atoms with van der Waals surface area (Å²) in [5.41, 5.74) is 2.08. The van der Waals surface area contributed by atoms with Gasteiger partial charge in [0.15, 0.2) is 5.78 Å². The standard InChI is InChI=1S/C11H10ClNO2/c1-5-9(6(2)14)10-7(13-5)3-4-8(15)11(10)12/h3-4,13,15H,1-2H3. The lowest BCUT2D eigenvalue weighted by Crippen LogP contribution is -1.93. The van der Waals surface area contributed by atoms with Gasteiger partial charge in [0.25, 0.3) is 0 Å². The fourth-order valence-corrected chi connectivity index (χ4v) is 2.07. The number of carbonyl (C=O) groups is 1. The molecule has 1 aromatic carbocycles. The molecule has 2 rings (SSSR count). The van der Waals surface area contributed by atoms with Gasteiger partial charge in [-0.15, -0.1) is 0 Å². The van der Waals surface area contributed by atoms with Crippen molar-refractivity contribution in [1.29, 1.82) is 0 Å². The summed E-state index contributed by atoms with van der Waals surface area (Å²) in [4.78, 5) is 14.5. The molecule has 1 aromatic heterocycles. The van der Waals surface area contributed by atoms with E-state index in [9.17, 15) is 9.90 Å². The summed E-state index contributed by atoms with van der Waals surface area (Å²) in [5, 5.41) is 10.3. The molecule has 0 spiro atoms. The van der Waals surface area contributed by atoms with Gasteiger partial charge in [0.2, 0.25) is 0 Å². The summed E-state index contributed by atoms with van der Waals surface area (Å²) in [5.74, 6) is -0.0723. The Hall–Kier alpha value is -1.48. The first-order valence-electron chi connectivity index (χ1n) is 4.53. The molecule has 4 heteroatoms. The molecule has 0 atom stereocenters. The summed E-state index contributed by atoms with van der Waals surface area (Å²) < 4.78 is 0. The lowest BCUT2D eigenvalue weighted by molar-refractivity contribution is 0.101. The lowest BCUT2D eigenvalue weighted by atomic mass is 10.1. The predicted octanol–water partition coefficient (Wildman–Crippen LogP) is 3.04. The van der Waals surface area contributed by atoms with E-state index in [-0.39, 0.29) is 16.6 Å². The zero-order valence-corrected chi connectivity index (χ0v) is 9.14. The van der Waals surface area contributed by atoms with Crippen LogP contribution in [0.2, 0.25) is 5.02 Å². The Morgan fingerprint density at radius 1 is 1.47 bits per heavy atom. The highest BCUT2D eigenvalue weighted by atomic mass is 35.5. The number of fused-ring (bicyclic) bond motifs is 1. The van der Waals surface area contributed by atoms with E-state index in [1.807, 2.05) is 6.92 Å². The molecule has 0 aliphatic rings. The van der Waals surface area contributed by atoms with Crippen molar-refractivity contribution < 1.29 is 9.90 Å². The number of nitrogens with one attached hydrogen (secondary N) is 1. The molecular weight excluding hydrogens is 214 g/mol. The molecule has 3 nitrogen and oxygen atoms in total. The van der Waals surface area contributed by atoms with Crippen molar-refractivity contribution in [2.45, 2.75) is 13.8 Å². The van der Waals surface area contributed by atoms with Crippen LogP contribution in [-0.4, -0.2) is 15.9 Å². The zero-order valence-electron chi connectivity index (χ0n) is 8.39. The minimum atomic E-state index is -0.0637. The number of hydrogen-bond acceptors (Lipinski definition) is 2. The molecule has 0 amide bonds. The first-order chi connectivity index (χ1) is 7.02. The first kappa shape index (κ1) is 10.1. The molecule has 0 bridgehead atoms. The third kappa shape index (κ3) is 1.39. The van der Waals surface area contributed by atoms with Gasteiger partial charge in [-0.2, -0.15) is 0 Å². The van der Waals surface area contributed by atoms with E-state index < -0.39 is 0 Å². The third-order valence-electron chi connectivity index (χ3n) is 2.42. The van der Waals surface area contributed by atoms with Crippen molar-refractivity contribution in [2.75, 3.05) is 0 Å². The molecule has 2 aromatic rings. The van der Waals surface area contributed by atoms with Crippen molar-refractivity contribution in [2.24, 2.45) is 0 Å². The maximum atomic E-state index is 11.4. The maximum absolute atomic E-state index is 11.4. The highest BCUT2D eigenvalue weighted by Crippen LogP contribution is 2.35. The number of halogens is 1. The normalized spacial score (nSPS) is 10.9. The van der Waals surface area contributed by atoms with E-state index in [1.165, 1.54) is 13.0 Å². The number of ketones is 1. The molecule has 0 fully saturated rings. The number of rotatable bonds is 1. The molecule has 0 radical (unpaired) electrons. The fourth-order valence-electron chi connectivity index (χ4n) is 1.81. The molecular formula is C11H10ClNO2. The Kier molecular flexibility index (Phi) is 2.20. The Balaban J connectivity index is 2.96. The Bertz CT molecular complexity index is 557. The van der Waals surface area contributed by atoms with Gasteiger partial charge >= 0.3 is 0 Å². The monoisotopic (exact) mass is 223 g/mol. The molecule has 15 heavy (non-hydrogen) atoms. The molecule has 0 saturated carbocycles. The van der Waals surface area contributed by atoms with Crippen molar-refractivity contribution in [3.05, 3.63) is 28.4 Å². The van der Waals surface area contributed by atoms with Gasteiger partial charge < -0.3 is 10.1 Å². The first-order valence-corrected chi connectivity index (χ1v) is 4.91. The predicted molar refractivity (Wildman–Crippen MR) is 59.7 cm³/mol. The summed E-state index contributed by atoms with van der Waals surface area (Å²) in [6, 6.07) is 3.21. The van der Waals surface area contributed by atoms with Crippen LogP contribution in [0.25, 0.3) is 10.9 Å². The second-order valence-electron chi connectivity index (χ2n) is 3.50. The van der Waals surface area contributed by atoms with Crippen LogP contribution in [0.4, 0.5) is 0 Å². The number of aromatic amines is 1. The third-order valence-corrected chi connectivity index (χ3v) is 2.80. The van der Waals surface area contributed by atoms with Gasteiger partial charge in [0.05, 0.1) is 5.02 Å². The van der Waals surface area contributed by atoms with Gasteiger partial charge in [0, 0.05) is 22.2 Å². The minimum Gasteiger partial charge on any atom is -0.506 e. The maximum Gasteiger partial charge on any atom is 0.162 e. The van der Waals surface area contributed by atoms with Crippen LogP contribution in [-0.2, 0) is 0 Å². The Morgan fingerprint density at radius 2 is 2.13 bits per heavy atom. The lowest BCUT2D eigenvalue weighted by Gasteiger charge is -2.00. The van der Waals surface area contributed by atoms with Gasteiger partial charge in [-0.3, -0.25) is 4.79 Å². The molecule has 0 saturated heterocycles. The van der Waals surface area contributed by atoms with Gasteiger partial charge in [-0.1, -0.05) is 11.6 Å². The molecule has 0 aliphatic carbocycles. The fraction of sp³-hybridized carbons (Fsp3) is 0.182. The molecule has 0 unspecified atom stereocenters. The van der Waals surface area contributed by atoms with E-state index in [2.05, 4.69) is 4.98 Å². The molecule has 2 N–H and O–H groups in total. The van der Waals surface area contributed by atoms with Crippen molar-refractivity contribution >= 4 is 28.3 Å². The topological polar surface area (TPSA) is 53.1 Å². The van der Waals surface area contributed by atoms with Gasteiger partial charge in [-0.05, 0) is 26.0 Å². The molecule has 0 aliphatic heterocycles. The van der Waals surface area contributed by atoms with E-state index in [4.69, 9.17) is 11.6 Å². The number of H-pyrrole nitrogens is 1. The SMILES string of the molecule is CC(=O)c1c(C)[nH]c2ccc(O)c(Cl)c12. The molecule has 78 valence electrons. The summed E-state index contributed by atoms with van der Waals surface area (Å²) in [6.45, 7) is 3.29. The van der Waals surface area contributed by atoms with E-state index in [0.29, 0.717) is 10.9 Å². The second-order valence-corrected chi connectivity index (χ2v) is 3.88. The van der Waals surface area contributed by atoms with Crippen LogP contribution in [0.15, 0.2) is 12.1 Å². The Morgan fingerprint density at radius 3 is 2.73 bits per heavy atom. The number of Topliss-reactive ketones (excluding diaryl/α,β-unsaturated/α-hetero) is 1. The number of phenolic OH excluding ortho intramolecular Hbond substituents is 1. The van der Waals surface area contributed by atoms with Crippen LogP contribution in [0, 0.1) is 6.92 Å². The number of benzene rings is 1. The Labute approximate surface area is 91.7 Å². The highest BCUT2D eigenvalue weighted by molar-refractivity contribution is 6.38. The van der Waals surface area contributed by atoms with Crippen LogP contribution >= 0.6 is 11.6 Å². The number of aromatic hydroxyl groups is 1. The van der Waals surface area contributed by atoms with Crippen molar-refractivity contribution in [3.63, 3.8) is 0 Å². The van der Waals surface area contributed by atoms with Crippen LogP contribution < -0.4 is 0 Å². The number of carbonyl (C=O) groups excluding carboxylic acids is 1. The zero-order chi connectivity index (χ0) is 11.2. The van der Waals surface area contributed by atoms with Crippen molar-refractivity contribution in [1.82, 2.24) is 4.98 Å². The largest absolute Gasteiger partial charge is 0.506 e. The van der Waals surface area contributed by atoms with E-state index in [0.717, 1.165) is 11.2 Å². The summed E-state index contributed by atoms with van der Waals surface area (Å²) >= 11 is 5.97. The minimum absolute atomic E-state index is 0.00864. The number of aromatic nitrogens is 1. The van der Waals surface area contributed by atoms with Crippen molar-refractivity contribution in [3.8, 4) is 5.75 Å². The highest BCUT2D eigenvalue weighted by Gasteiger charge is 2.16. The van der Waals surface area contributed by atoms with Gasteiger partial charge in [0.1, 0.15) is 5.75 Å². The van der Waals surface area contributed by atoms with Crippen LogP contribution in [0.1, 0.15) is 23.0 Å². The summed E-state index contributed by atoms with van der Waals surface area (Å²) in [6.07, 6.45) is 0. The molecule has 1 heterocycles. The van der Waals surface area contributed by atoms with Gasteiger partial charge in [-0.25, -0.2) is 0 Å². The number of hydrogen-bond donors (Lipinski definition) is 2. The second kappa shape index (κ2) is 3.28. The van der Waals surface area contributed by atoms with E-state index >= 15 is 0 Å². The number of phenols is 1. The van der Waals surface area contributed by atoms with Crippen LogP contribution in [0.3, 0.4) is 0 Å².